The summed E-state index contributed by atoms with van der Waals surface area (Å²) >= 11 is 3.78. The molecule has 0 saturated heterocycles. The van der Waals surface area contributed by atoms with Crippen LogP contribution in [0.4, 0.5) is 0 Å². The van der Waals surface area contributed by atoms with Gasteiger partial charge >= 0.3 is 0 Å². The molecule has 0 N–H and O–H groups in total. The van der Waals surface area contributed by atoms with Crippen LogP contribution >= 0.6 is 23.5 Å². The van der Waals surface area contributed by atoms with Gasteiger partial charge in [0.15, 0.2) is 0 Å². The topological polar surface area (TPSA) is 9.23 Å². The van der Waals surface area contributed by atoms with E-state index in [1.807, 2.05) is 35.7 Å². The largest absolute Gasteiger partial charge is 0.497 e. The SMILES string of the molecule is COc1cccc(C2=C=C(c3ccccc3)SCCCS2)c1. The molecule has 1 aliphatic rings. The summed E-state index contributed by atoms with van der Waals surface area (Å²) in [6.45, 7) is 0. The molecular weight excluding hydrogens is 308 g/mol. The van der Waals surface area contributed by atoms with Crippen LogP contribution in [0.15, 0.2) is 60.3 Å². The van der Waals surface area contributed by atoms with Crippen molar-refractivity contribution in [2.24, 2.45) is 0 Å². The lowest BCUT2D eigenvalue weighted by molar-refractivity contribution is 0.414. The molecule has 0 saturated carbocycles. The maximum atomic E-state index is 5.35. The van der Waals surface area contributed by atoms with E-state index < -0.39 is 0 Å². The number of hydrogen-bond acceptors (Lipinski definition) is 3. The Morgan fingerprint density at radius 3 is 2.27 bits per heavy atom. The summed E-state index contributed by atoms with van der Waals surface area (Å²) in [5.41, 5.74) is 6.07. The van der Waals surface area contributed by atoms with E-state index >= 15 is 0 Å². The fourth-order valence-corrected chi connectivity index (χ4v) is 4.43. The molecule has 1 nitrogen and oxygen atoms in total. The predicted molar refractivity (Wildman–Crippen MR) is 99.3 cm³/mol. The van der Waals surface area contributed by atoms with Crippen molar-refractivity contribution in [2.75, 3.05) is 18.6 Å². The van der Waals surface area contributed by atoms with Crippen LogP contribution in [-0.4, -0.2) is 18.6 Å². The fourth-order valence-electron chi connectivity index (χ4n) is 2.25. The van der Waals surface area contributed by atoms with Gasteiger partial charge in [0, 0.05) is 0 Å². The molecule has 0 aromatic heterocycles. The van der Waals surface area contributed by atoms with Gasteiger partial charge in [0.1, 0.15) is 5.75 Å². The lowest BCUT2D eigenvalue weighted by atomic mass is 10.2. The molecule has 0 spiro atoms. The summed E-state index contributed by atoms with van der Waals surface area (Å²) in [4.78, 5) is 2.43. The second-order valence-electron chi connectivity index (χ2n) is 4.93. The summed E-state index contributed by atoms with van der Waals surface area (Å²) in [6.07, 6.45) is 1.21. The quantitative estimate of drug-likeness (QED) is 0.685. The lowest BCUT2D eigenvalue weighted by Gasteiger charge is -2.12. The van der Waals surface area contributed by atoms with Gasteiger partial charge in [0.25, 0.3) is 0 Å². The van der Waals surface area contributed by atoms with Crippen molar-refractivity contribution < 1.29 is 4.74 Å². The van der Waals surface area contributed by atoms with Crippen LogP contribution in [0.2, 0.25) is 0 Å². The number of benzene rings is 2. The minimum Gasteiger partial charge on any atom is -0.497 e. The van der Waals surface area contributed by atoms with Crippen molar-refractivity contribution in [3.8, 4) is 5.75 Å². The minimum atomic E-state index is 0.892. The summed E-state index contributed by atoms with van der Waals surface area (Å²) in [5.74, 6) is 3.17. The molecule has 0 bridgehead atoms. The summed E-state index contributed by atoms with van der Waals surface area (Å²) in [7, 11) is 1.71. The van der Waals surface area contributed by atoms with Crippen LogP contribution in [0.1, 0.15) is 17.5 Å². The number of hydrogen-bond donors (Lipinski definition) is 0. The Balaban J connectivity index is 2.09. The second-order valence-corrected chi connectivity index (χ2v) is 7.14. The fraction of sp³-hybridized carbons (Fsp3) is 0.211. The monoisotopic (exact) mass is 326 g/mol. The normalized spacial score (nSPS) is 15.3. The first-order chi connectivity index (χ1) is 10.9. The molecule has 3 heteroatoms. The number of ether oxygens (including phenoxy) is 1. The highest BCUT2D eigenvalue weighted by Gasteiger charge is 2.10. The average molecular weight is 326 g/mol. The van der Waals surface area contributed by atoms with Crippen LogP contribution in [0.25, 0.3) is 9.81 Å². The molecule has 2 aromatic carbocycles. The molecule has 0 fully saturated rings. The molecule has 22 heavy (non-hydrogen) atoms. The third-order valence-corrected chi connectivity index (χ3v) is 5.61. The molecule has 0 atom stereocenters. The van der Waals surface area contributed by atoms with Gasteiger partial charge in [-0.15, -0.1) is 23.5 Å². The molecule has 112 valence electrons. The Kier molecular flexibility index (Phi) is 5.33. The average Bonchev–Trinajstić information content (AvgIpc) is 2.56. The van der Waals surface area contributed by atoms with E-state index in [1.54, 1.807) is 7.11 Å². The van der Waals surface area contributed by atoms with Gasteiger partial charge in [-0.3, -0.25) is 0 Å². The van der Waals surface area contributed by atoms with Gasteiger partial charge in [-0.05, 0) is 41.2 Å². The highest BCUT2D eigenvalue weighted by Crippen LogP contribution is 2.36. The van der Waals surface area contributed by atoms with E-state index in [9.17, 15) is 0 Å². The van der Waals surface area contributed by atoms with Crippen LogP contribution in [-0.2, 0) is 0 Å². The highest BCUT2D eigenvalue weighted by atomic mass is 32.2. The molecule has 3 rings (SSSR count). The maximum Gasteiger partial charge on any atom is 0.119 e. The van der Waals surface area contributed by atoms with Gasteiger partial charge in [0.05, 0.1) is 16.9 Å². The van der Waals surface area contributed by atoms with Gasteiger partial charge < -0.3 is 4.74 Å². The van der Waals surface area contributed by atoms with Crippen molar-refractivity contribution >= 4 is 33.3 Å². The van der Waals surface area contributed by atoms with Crippen LogP contribution in [0.5, 0.6) is 5.75 Å². The predicted octanol–water partition coefficient (Wildman–Crippen LogP) is 5.55. The van der Waals surface area contributed by atoms with E-state index in [1.165, 1.54) is 27.4 Å². The molecule has 0 aliphatic carbocycles. The first-order valence-corrected chi connectivity index (χ1v) is 9.30. The summed E-state index contributed by atoms with van der Waals surface area (Å²) < 4.78 is 5.35. The molecular formula is C19H18OS2. The smallest absolute Gasteiger partial charge is 0.119 e. The van der Waals surface area contributed by atoms with Crippen molar-refractivity contribution in [2.45, 2.75) is 6.42 Å². The van der Waals surface area contributed by atoms with Crippen molar-refractivity contribution in [3.05, 3.63) is 71.5 Å². The first-order valence-electron chi connectivity index (χ1n) is 7.33. The molecule has 0 radical (unpaired) electrons. The van der Waals surface area contributed by atoms with Gasteiger partial charge in [-0.25, -0.2) is 0 Å². The second kappa shape index (κ2) is 7.64. The summed E-state index contributed by atoms with van der Waals surface area (Å²) in [6, 6.07) is 18.8. The zero-order valence-corrected chi connectivity index (χ0v) is 14.2. The Labute approximate surface area is 140 Å². The van der Waals surface area contributed by atoms with Crippen LogP contribution in [0.3, 0.4) is 0 Å². The van der Waals surface area contributed by atoms with Crippen molar-refractivity contribution in [1.29, 1.82) is 0 Å². The van der Waals surface area contributed by atoms with E-state index in [4.69, 9.17) is 4.74 Å². The maximum absolute atomic E-state index is 5.35. The van der Waals surface area contributed by atoms with E-state index in [2.05, 4.69) is 48.2 Å². The van der Waals surface area contributed by atoms with Crippen molar-refractivity contribution in [3.63, 3.8) is 0 Å². The van der Waals surface area contributed by atoms with Gasteiger partial charge in [0.2, 0.25) is 0 Å². The molecule has 1 heterocycles. The number of methoxy groups -OCH3 is 1. The third kappa shape index (κ3) is 3.80. The Morgan fingerprint density at radius 1 is 0.864 bits per heavy atom. The lowest BCUT2D eigenvalue weighted by Crippen LogP contribution is -1.91. The van der Waals surface area contributed by atoms with Crippen LogP contribution in [0, 0.1) is 0 Å². The molecule has 0 amide bonds. The zero-order valence-electron chi connectivity index (χ0n) is 12.5. The van der Waals surface area contributed by atoms with Crippen molar-refractivity contribution in [1.82, 2.24) is 0 Å². The Bertz CT molecular complexity index is 700. The van der Waals surface area contributed by atoms with E-state index in [0.29, 0.717) is 0 Å². The van der Waals surface area contributed by atoms with E-state index in [0.717, 1.165) is 17.3 Å². The first kappa shape index (κ1) is 15.4. The summed E-state index contributed by atoms with van der Waals surface area (Å²) in [5, 5.41) is 0. The highest BCUT2D eigenvalue weighted by molar-refractivity contribution is 8.09. The standard InChI is InChI=1S/C19H18OS2/c1-20-17-10-5-9-16(13-17)19-14-18(21-11-6-12-22-19)15-7-3-2-4-8-15/h2-5,7-10,13H,6,11-12H2,1H3. The molecule has 2 aromatic rings. The Morgan fingerprint density at radius 2 is 1.55 bits per heavy atom. The number of thioether (sulfide) groups is 2. The molecule has 1 aliphatic heterocycles. The molecule has 0 unspecified atom stereocenters. The Hall–Kier alpha value is -1.54. The number of rotatable bonds is 3. The van der Waals surface area contributed by atoms with E-state index in [-0.39, 0.29) is 0 Å². The van der Waals surface area contributed by atoms with Gasteiger partial charge in [-0.1, -0.05) is 48.2 Å². The van der Waals surface area contributed by atoms with Crippen LogP contribution < -0.4 is 4.74 Å². The minimum absolute atomic E-state index is 0.892. The third-order valence-electron chi connectivity index (χ3n) is 3.38. The van der Waals surface area contributed by atoms with Gasteiger partial charge in [-0.2, -0.15) is 0 Å². The zero-order chi connectivity index (χ0) is 15.2.